The first-order valence-electron chi connectivity index (χ1n) is 8.31. The summed E-state index contributed by atoms with van der Waals surface area (Å²) in [4.78, 5) is 2.72. The number of rotatable bonds is 3. The van der Waals surface area contributed by atoms with E-state index in [0.717, 1.165) is 6.04 Å². The Morgan fingerprint density at radius 1 is 0.950 bits per heavy atom. The third-order valence-corrected chi connectivity index (χ3v) is 5.21. The Balaban J connectivity index is 1.85. The van der Waals surface area contributed by atoms with Gasteiger partial charge in [-0.25, -0.2) is 0 Å². The summed E-state index contributed by atoms with van der Waals surface area (Å²) in [5, 5.41) is 9.81. The van der Waals surface area contributed by atoms with Crippen LogP contribution in [0.2, 0.25) is 0 Å². The van der Waals surface area contributed by atoms with Crippen LogP contribution in [0.4, 0.5) is 0 Å². The molecule has 2 fully saturated rings. The molecule has 0 spiro atoms. The van der Waals surface area contributed by atoms with Crippen molar-refractivity contribution in [3.05, 3.63) is 35.9 Å². The van der Waals surface area contributed by atoms with Crippen LogP contribution in [0.25, 0.3) is 0 Å². The number of aliphatic hydroxyl groups is 1. The predicted molar refractivity (Wildman–Crippen MR) is 82.6 cm³/mol. The largest absolute Gasteiger partial charge is 0.396 e. The zero-order valence-corrected chi connectivity index (χ0v) is 12.4. The molecule has 1 N–H and O–H groups in total. The molecule has 1 aromatic carbocycles. The fourth-order valence-electron chi connectivity index (χ4n) is 4.23. The normalized spacial score (nSPS) is 29.4. The van der Waals surface area contributed by atoms with Gasteiger partial charge in [-0.1, -0.05) is 49.6 Å². The summed E-state index contributed by atoms with van der Waals surface area (Å²) in [5.41, 5.74) is 1.40. The van der Waals surface area contributed by atoms with Crippen LogP contribution in [0.5, 0.6) is 0 Å². The maximum Gasteiger partial charge on any atom is 0.0477 e. The van der Waals surface area contributed by atoms with Crippen LogP contribution in [0.15, 0.2) is 30.3 Å². The summed E-state index contributed by atoms with van der Waals surface area (Å²) < 4.78 is 0. The van der Waals surface area contributed by atoms with Gasteiger partial charge in [-0.05, 0) is 37.8 Å². The van der Waals surface area contributed by atoms with Crippen molar-refractivity contribution in [3.63, 3.8) is 0 Å². The minimum Gasteiger partial charge on any atom is -0.396 e. The second kappa shape index (κ2) is 6.73. The Bertz CT molecular complexity index is 399. The van der Waals surface area contributed by atoms with E-state index in [1.807, 2.05) is 0 Å². The molecule has 0 bridgehead atoms. The van der Waals surface area contributed by atoms with Crippen LogP contribution in [0, 0.1) is 5.92 Å². The molecule has 1 saturated carbocycles. The van der Waals surface area contributed by atoms with E-state index in [2.05, 4.69) is 35.2 Å². The summed E-state index contributed by atoms with van der Waals surface area (Å²) in [7, 11) is 0. The van der Waals surface area contributed by atoms with Crippen LogP contribution in [0.1, 0.15) is 56.6 Å². The van der Waals surface area contributed by atoms with Gasteiger partial charge in [0, 0.05) is 24.6 Å². The van der Waals surface area contributed by atoms with Crippen molar-refractivity contribution in [2.45, 2.75) is 57.0 Å². The summed E-state index contributed by atoms with van der Waals surface area (Å²) >= 11 is 0. The lowest BCUT2D eigenvalue weighted by Crippen LogP contribution is -2.46. The minimum atomic E-state index is 0.322. The average Bonchev–Trinajstić information content (AvgIpc) is 2.55. The average molecular weight is 273 g/mol. The number of hydrogen-bond donors (Lipinski definition) is 1. The number of nitrogens with zero attached hydrogens (tertiary/aromatic N) is 1. The molecule has 0 unspecified atom stereocenters. The van der Waals surface area contributed by atoms with E-state index in [1.165, 1.54) is 57.1 Å². The maximum absolute atomic E-state index is 9.81. The summed E-state index contributed by atoms with van der Waals surface area (Å²) in [6.07, 6.45) is 9.27. The van der Waals surface area contributed by atoms with Crippen molar-refractivity contribution in [2.24, 2.45) is 5.92 Å². The molecule has 1 heterocycles. The van der Waals surface area contributed by atoms with E-state index in [-0.39, 0.29) is 0 Å². The van der Waals surface area contributed by atoms with Gasteiger partial charge in [0.1, 0.15) is 0 Å². The molecule has 2 nitrogen and oxygen atoms in total. The fourth-order valence-corrected chi connectivity index (χ4v) is 4.23. The highest BCUT2D eigenvalue weighted by molar-refractivity contribution is 5.21. The lowest BCUT2D eigenvalue weighted by Gasteiger charge is -2.46. The van der Waals surface area contributed by atoms with Gasteiger partial charge in [0.05, 0.1) is 0 Å². The second-order valence-corrected chi connectivity index (χ2v) is 6.47. The lowest BCUT2D eigenvalue weighted by atomic mass is 9.82. The van der Waals surface area contributed by atoms with Crippen molar-refractivity contribution in [1.29, 1.82) is 0 Å². The molecular weight excluding hydrogens is 246 g/mol. The molecule has 1 aliphatic carbocycles. The van der Waals surface area contributed by atoms with Crippen LogP contribution in [-0.2, 0) is 0 Å². The first-order chi connectivity index (χ1) is 9.90. The standard InChI is InChI=1S/C18H27NO/c20-14-16-10-7-13-19(17-11-5-2-6-12-17)18(16)15-8-3-1-4-9-15/h1,3-4,8-9,16-18,20H,2,5-7,10-14H2/t16-,18+/m1/s1. The van der Waals surface area contributed by atoms with Crippen molar-refractivity contribution in [2.75, 3.05) is 13.2 Å². The lowest BCUT2D eigenvalue weighted by molar-refractivity contribution is 0.0119. The van der Waals surface area contributed by atoms with Crippen molar-refractivity contribution >= 4 is 0 Å². The van der Waals surface area contributed by atoms with Gasteiger partial charge < -0.3 is 5.11 Å². The van der Waals surface area contributed by atoms with Crippen LogP contribution in [-0.4, -0.2) is 29.2 Å². The Morgan fingerprint density at radius 3 is 2.40 bits per heavy atom. The van der Waals surface area contributed by atoms with E-state index in [4.69, 9.17) is 0 Å². The topological polar surface area (TPSA) is 23.5 Å². The zero-order chi connectivity index (χ0) is 13.8. The summed E-state index contributed by atoms with van der Waals surface area (Å²) in [6, 6.07) is 12.0. The van der Waals surface area contributed by atoms with Crippen LogP contribution in [0.3, 0.4) is 0 Å². The Hall–Kier alpha value is -0.860. The number of likely N-dealkylation sites (tertiary alicyclic amines) is 1. The summed E-state index contributed by atoms with van der Waals surface area (Å²) in [5.74, 6) is 0.410. The predicted octanol–water partition coefficient (Wildman–Crippen LogP) is 3.76. The molecule has 3 rings (SSSR count). The van der Waals surface area contributed by atoms with E-state index in [1.54, 1.807) is 0 Å². The van der Waals surface area contributed by atoms with Crippen molar-refractivity contribution in [3.8, 4) is 0 Å². The monoisotopic (exact) mass is 273 g/mol. The quantitative estimate of drug-likeness (QED) is 0.906. The van der Waals surface area contributed by atoms with Gasteiger partial charge in [-0.15, -0.1) is 0 Å². The highest BCUT2D eigenvalue weighted by atomic mass is 16.3. The van der Waals surface area contributed by atoms with E-state index in [0.29, 0.717) is 18.6 Å². The number of benzene rings is 1. The molecule has 2 heteroatoms. The Morgan fingerprint density at radius 2 is 1.70 bits per heavy atom. The highest BCUT2D eigenvalue weighted by Gasteiger charge is 2.36. The Kier molecular flexibility index (Phi) is 4.74. The minimum absolute atomic E-state index is 0.322. The van der Waals surface area contributed by atoms with Gasteiger partial charge in [0.25, 0.3) is 0 Å². The molecule has 1 aliphatic heterocycles. The molecule has 1 aromatic rings. The molecule has 20 heavy (non-hydrogen) atoms. The molecule has 0 aromatic heterocycles. The highest BCUT2D eigenvalue weighted by Crippen LogP contribution is 2.39. The van der Waals surface area contributed by atoms with Gasteiger partial charge in [-0.2, -0.15) is 0 Å². The zero-order valence-electron chi connectivity index (χ0n) is 12.4. The van der Waals surface area contributed by atoms with E-state index >= 15 is 0 Å². The molecule has 1 saturated heterocycles. The van der Waals surface area contributed by atoms with E-state index in [9.17, 15) is 5.11 Å². The summed E-state index contributed by atoms with van der Waals surface area (Å²) in [6.45, 7) is 1.53. The third kappa shape index (κ3) is 2.91. The maximum atomic E-state index is 9.81. The van der Waals surface area contributed by atoms with Gasteiger partial charge in [-0.3, -0.25) is 4.90 Å². The molecule has 2 aliphatic rings. The van der Waals surface area contributed by atoms with E-state index < -0.39 is 0 Å². The molecule has 2 atom stereocenters. The first-order valence-corrected chi connectivity index (χ1v) is 8.31. The SMILES string of the molecule is OC[C@H]1CCCN(C2CCCCC2)[C@H]1c1ccccc1. The van der Waals surface area contributed by atoms with Crippen LogP contribution < -0.4 is 0 Å². The second-order valence-electron chi connectivity index (χ2n) is 6.47. The molecular formula is C18H27NO. The smallest absolute Gasteiger partial charge is 0.0477 e. The molecule has 110 valence electrons. The van der Waals surface area contributed by atoms with Crippen molar-refractivity contribution < 1.29 is 5.11 Å². The third-order valence-electron chi connectivity index (χ3n) is 5.21. The molecule has 0 radical (unpaired) electrons. The number of piperidine rings is 1. The van der Waals surface area contributed by atoms with Crippen LogP contribution >= 0.6 is 0 Å². The number of aliphatic hydroxyl groups excluding tert-OH is 1. The fraction of sp³-hybridized carbons (Fsp3) is 0.667. The van der Waals surface area contributed by atoms with Crippen molar-refractivity contribution in [1.82, 2.24) is 4.90 Å². The van der Waals surface area contributed by atoms with Gasteiger partial charge in [0.2, 0.25) is 0 Å². The van der Waals surface area contributed by atoms with Gasteiger partial charge >= 0.3 is 0 Å². The first kappa shape index (κ1) is 14.1. The molecule has 0 amide bonds. The van der Waals surface area contributed by atoms with Gasteiger partial charge in [0.15, 0.2) is 0 Å². The Labute approximate surface area is 122 Å². The number of hydrogen-bond acceptors (Lipinski definition) is 2.